The van der Waals surface area contributed by atoms with Crippen LogP contribution in [0.4, 0.5) is 5.69 Å². The fraction of sp³-hybridized carbons (Fsp3) is 0.333. The topological polar surface area (TPSA) is 38.1 Å². The smallest absolute Gasteiger partial charge is 0.166 e. The summed E-state index contributed by atoms with van der Waals surface area (Å²) < 4.78 is 1.69. The van der Waals surface area contributed by atoms with Crippen molar-refractivity contribution >= 4 is 23.1 Å². The highest BCUT2D eigenvalue weighted by Gasteiger charge is 2.24. The van der Waals surface area contributed by atoms with E-state index < -0.39 is 0 Å². The van der Waals surface area contributed by atoms with Crippen LogP contribution < -0.4 is 4.90 Å². The summed E-state index contributed by atoms with van der Waals surface area (Å²) >= 11 is 6.30. The molecule has 1 aromatic heterocycles. The van der Waals surface area contributed by atoms with Crippen molar-refractivity contribution in [2.45, 2.75) is 19.9 Å². The first-order valence-electron chi connectivity index (χ1n) is 6.63. The number of carbonyl (C=O) groups is 1. The maximum Gasteiger partial charge on any atom is 0.166 e. The monoisotopic (exact) mass is 289 g/mol. The van der Waals surface area contributed by atoms with Crippen LogP contribution in [0.15, 0.2) is 24.3 Å². The molecule has 5 heteroatoms. The van der Waals surface area contributed by atoms with Gasteiger partial charge in [0.05, 0.1) is 5.69 Å². The molecule has 0 radical (unpaired) electrons. The van der Waals surface area contributed by atoms with Crippen molar-refractivity contribution in [3.8, 4) is 0 Å². The zero-order chi connectivity index (χ0) is 14.3. The molecule has 4 nitrogen and oxygen atoms in total. The Morgan fingerprint density at radius 3 is 2.80 bits per heavy atom. The zero-order valence-electron chi connectivity index (χ0n) is 11.6. The predicted octanol–water partition coefficient (Wildman–Crippen LogP) is 2.97. The molecule has 0 spiro atoms. The third-order valence-electron chi connectivity index (χ3n) is 3.77. The lowest BCUT2D eigenvalue weighted by Gasteiger charge is -2.30. The molecule has 0 atom stereocenters. The quantitative estimate of drug-likeness (QED) is 0.853. The van der Waals surface area contributed by atoms with Gasteiger partial charge in [-0.2, -0.15) is 5.10 Å². The average molecular weight is 290 g/mol. The number of hydrogen-bond donors (Lipinski definition) is 0. The fourth-order valence-electron chi connectivity index (χ4n) is 2.69. The molecule has 20 heavy (non-hydrogen) atoms. The predicted molar refractivity (Wildman–Crippen MR) is 79.4 cm³/mol. The lowest BCUT2D eigenvalue weighted by molar-refractivity contribution is 0.0979. The normalized spacial score (nSPS) is 14.6. The second kappa shape index (κ2) is 4.94. The number of para-hydroxylation sites is 1. The van der Waals surface area contributed by atoms with Gasteiger partial charge in [-0.25, -0.2) is 0 Å². The number of Topliss-reactive ketones (excluding diaryl/α,β-unsaturated/α-hetero) is 1. The molecule has 0 fully saturated rings. The third kappa shape index (κ3) is 2.10. The molecule has 0 saturated carbocycles. The summed E-state index contributed by atoms with van der Waals surface area (Å²) in [6, 6.07) is 7.75. The Morgan fingerprint density at radius 2 is 2.10 bits per heavy atom. The van der Waals surface area contributed by atoms with Crippen molar-refractivity contribution < 1.29 is 4.79 Å². The Balaban J connectivity index is 1.96. The number of anilines is 1. The van der Waals surface area contributed by atoms with E-state index in [2.05, 4.69) is 10.00 Å². The number of ketones is 1. The van der Waals surface area contributed by atoms with Crippen LogP contribution in [0.1, 0.15) is 28.0 Å². The van der Waals surface area contributed by atoms with Crippen LogP contribution in [0.25, 0.3) is 0 Å². The molecular formula is C15H16ClN3O. The first-order valence-corrected chi connectivity index (χ1v) is 7.01. The third-order valence-corrected chi connectivity index (χ3v) is 4.25. The lowest BCUT2D eigenvalue weighted by Crippen LogP contribution is -2.31. The molecule has 2 aromatic rings. The second-order valence-corrected chi connectivity index (χ2v) is 5.45. The van der Waals surface area contributed by atoms with Gasteiger partial charge in [0.25, 0.3) is 0 Å². The van der Waals surface area contributed by atoms with Crippen LogP contribution in [0.2, 0.25) is 5.15 Å². The standard InChI is InChI=1S/C15H16ClN3O/c1-10-12(15(16)18(2)17-10)9-19-8-7-14(20)11-5-3-4-6-13(11)19/h3-6H,7-9H2,1-2H3. The maximum atomic E-state index is 12.0. The molecular weight excluding hydrogens is 274 g/mol. The minimum Gasteiger partial charge on any atom is -0.366 e. The highest BCUT2D eigenvalue weighted by atomic mass is 35.5. The molecule has 1 aliphatic heterocycles. The molecule has 1 aliphatic rings. The number of carbonyl (C=O) groups excluding carboxylic acids is 1. The number of aryl methyl sites for hydroxylation is 2. The molecule has 0 amide bonds. The van der Waals surface area contributed by atoms with Gasteiger partial charge in [-0.3, -0.25) is 9.48 Å². The number of nitrogens with zero attached hydrogens (tertiary/aromatic N) is 3. The van der Waals surface area contributed by atoms with Gasteiger partial charge >= 0.3 is 0 Å². The van der Waals surface area contributed by atoms with E-state index in [1.54, 1.807) is 4.68 Å². The van der Waals surface area contributed by atoms with Crippen molar-refractivity contribution in [3.05, 3.63) is 46.2 Å². The highest BCUT2D eigenvalue weighted by Crippen LogP contribution is 2.30. The molecule has 2 heterocycles. The molecule has 0 saturated heterocycles. The van der Waals surface area contributed by atoms with E-state index in [9.17, 15) is 4.79 Å². The van der Waals surface area contributed by atoms with Crippen LogP contribution in [-0.4, -0.2) is 22.1 Å². The van der Waals surface area contributed by atoms with Crippen LogP contribution >= 0.6 is 11.6 Å². The van der Waals surface area contributed by atoms with Crippen molar-refractivity contribution in [2.24, 2.45) is 7.05 Å². The van der Waals surface area contributed by atoms with Gasteiger partial charge in [0.1, 0.15) is 5.15 Å². The molecule has 0 bridgehead atoms. The Labute approximate surface area is 123 Å². The SMILES string of the molecule is Cc1nn(C)c(Cl)c1CN1CCC(=O)c2ccccc21. The van der Waals surface area contributed by atoms with Gasteiger partial charge in [0, 0.05) is 43.4 Å². The summed E-state index contributed by atoms with van der Waals surface area (Å²) in [4.78, 5) is 14.2. The van der Waals surface area contributed by atoms with Gasteiger partial charge < -0.3 is 4.90 Å². The van der Waals surface area contributed by atoms with Crippen LogP contribution in [0, 0.1) is 6.92 Å². The molecule has 0 aliphatic carbocycles. The van der Waals surface area contributed by atoms with E-state index in [-0.39, 0.29) is 5.78 Å². The maximum absolute atomic E-state index is 12.0. The Morgan fingerprint density at radius 1 is 1.35 bits per heavy atom. The zero-order valence-corrected chi connectivity index (χ0v) is 12.3. The number of fused-ring (bicyclic) bond motifs is 1. The lowest BCUT2D eigenvalue weighted by atomic mass is 10.00. The van der Waals surface area contributed by atoms with Crippen molar-refractivity contribution in [1.82, 2.24) is 9.78 Å². The Hall–Kier alpha value is -1.81. The van der Waals surface area contributed by atoms with Gasteiger partial charge in [0.15, 0.2) is 5.78 Å². The van der Waals surface area contributed by atoms with E-state index in [4.69, 9.17) is 11.6 Å². The van der Waals surface area contributed by atoms with Gasteiger partial charge in [-0.15, -0.1) is 0 Å². The van der Waals surface area contributed by atoms with E-state index in [1.165, 1.54) is 0 Å². The summed E-state index contributed by atoms with van der Waals surface area (Å²) in [6.07, 6.45) is 0.550. The van der Waals surface area contributed by atoms with E-state index in [0.29, 0.717) is 18.1 Å². The Kier molecular flexibility index (Phi) is 3.26. The van der Waals surface area contributed by atoms with E-state index >= 15 is 0 Å². The van der Waals surface area contributed by atoms with Crippen molar-refractivity contribution in [3.63, 3.8) is 0 Å². The van der Waals surface area contributed by atoms with Gasteiger partial charge in [-0.05, 0) is 19.1 Å². The summed E-state index contributed by atoms with van der Waals surface area (Å²) in [5.41, 5.74) is 3.75. The minimum absolute atomic E-state index is 0.214. The molecule has 0 unspecified atom stereocenters. The van der Waals surface area contributed by atoms with Gasteiger partial charge in [-0.1, -0.05) is 23.7 Å². The molecule has 1 aromatic carbocycles. The summed E-state index contributed by atoms with van der Waals surface area (Å²) in [7, 11) is 1.84. The number of hydrogen-bond acceptors (Lipinski definition) is 3. The number of aromatic nitrogens is 2. The minimum atomic E-state index is 0.214. The van der Waals surface area contributed by atoms with Crippen LogP contribution in [-0.2, 0) is 13.6 Å². The summed E-state index contributed by atoms with van der Waals surface area (Å²) in [6.45, 7) is 3.37. The van der Waals surface area contributed by atoms with E-state index in [0.717, 1.165) is 29.1 Å². The van der Waals surface area contributed by atoms with Gasteiger partial charge in [0.2, 0.25) is 0 Å². The fourth-order valence-corrected chi connectivity index (χ4v) is 2.92. The highest BCUT2D eigenvalue weighted by molar-refractivity contribution is 6.30. The first-order chi connectivity index (χ1) is 9.58. The number of benzene rings is 1. The summed E-state index contributed by atoms with van der Waals surface area (Å²) in [5, 5.41) is 5.00. The second-order valence-electron chi connectivity index (χ2n) is 5.09. The van der Waals surface area contributed by atoms with Crippen molar-refractivity contribution in [2.75, 3.05) is 11.4 Å². The van der Waals surface area contributed by atoms with Crippen molar-refractivity contribution in [1.29, 1.82) is 0 Å². The average Bonchev–Trinajstić information content (AvgIpc) is 2.68. The van der Waals surface area contributed by atoms with E-state index in [1.807, 2.05) is 38.2 Å². The molecule has 0 N–H and O–H groups in total. The Bertz CT molecular complexity index is 678. The largest absolute Gasteiger partial charge is 0.366 e. The van der Waals surface area contributed by atoms with Crippen LogP contribution in [0.5, 0.6) is 0 Å². The first kappa shape index (κ1) is 13.2. The summed E-state index contributed by atoms with van der Waals surface area (Å²) in [5.74, 6) is 0.214. The molecule has 3 rings (SSSR count). The van der Waals surface area contributed by atoms with Crippen LogP contribution in [0.3, 0.4) is 0 Å². The number of rotatable bonds is 2. The molecule has 104 valence electrons. The number of halogens is 1.